The van der Waals surface area contributed by atoms with Gasteiger partial charge in [-0.05, 0) is 67.0 Å². The summed E-state index contributed by atoms with van der Waals surface area (Å²) < 4.78 is 0. The molecular formula is C33H40N8O6. The first-order chi connectivity index (χ1) is 22.5. The molecule has 0 spiro atoms. The first kappa shape index (κ1) is 34.3. The van der Waals surface area contributed by atoms with Crippen LogP contribution in [0.1, 0.15) is 54.4 Å². The Balaban J connectivity index is 1.35. The van der Waals surface area contributed by atoms with E-state index in [0.717, 1.165) is 16.3 Å². The summed E-state index contributed by atoms with van der Waals surface area (Å²) in [6, 6.07) is 16.7. The molecule has 0 aromatic heterocycles. The first-order valence-electron chi connectivity index (χ1n) is 15.5. The number of aliphatic imine (C=N–C) groups is 1. The van der Waals surface area contributed by atoms with Gasteiger partial charge >= 0.3 is 0 Å². The maximum atomic E-state index is 13.5. The third kappa shape index (κ3) is 9.98. The number of hydrogen-bond acceptors (Lipinski definition) is 7. The standard InChI is InChI=1S/C33H40N8O6/c34-29(42)28(19-20-7-8-21-4-1-2-5-24(21)18-20)40-32(45)27(6-3-17-37-33(35)36)39-31(44)22-9-13-25(14-10-22)38-30(43)23-11-15-26(16-12-23)41(46)47/h1-2,4-5,7-8,11-12,15-16,18,22,25,27-28H,3,6,9-10,13-14,17,19H2,(H2,34,42)(H,38,43)(H,39,44)(H,40,45)(H4,35,36,37)/t22?,25?,27-,28-/m0/s1. The Labute approximate surface area is 271 Å². The summed E-state index contributed by atoms with van der Waals surface area (Å²) in [5, 5.41) is 21.4. The largest absolute Gasteiger partial charge is 0.370 e. The van der Waals surface area contributed by atoms with E-state index in [-0.39, 0.29) is 54.8 Å². The normalized spacial score (nSPS) is 17.1. The molecule has 47 heavy (non-hydrogen) atoms. The molecule has 0 aliphatic heterocycles. The quantitative estimate of drug-likeness (QED) is 0.0496. The molecule has 14 nitrogen and oxygen atoms in total. The zero-order chi connectivity index (χ0) is 33.9. The van der Waals surface area contributed by atoms with Crippen molar-refractivity contribution in [1.82, 2.24) is 16.0 Å². The van der Waals surface area contributed by atoms with E-state index in [9.17, 15) is 29.3 Å². The number of primary amides is 1. The number of nitrogens with one attached hydrogen (secondary N) is 3. The van der Waals surface area contributed by atoms with Gasteiger partial charge in [-0.15, -0.1) is 0 Å². The third-order valence-electron chi connectivity index (χ3n) is 8.27. The van der Waals surface area contributed by atoms with E-state index in [0.29, 0.717) is 37.7 Å². The molecule has 0 saturated heterocycles. The summed E-state index contributed by atoms with van der Waals surface area (Å²) in [6.45, 7) is 0.248. The number of non-ortho nitro benzene ring substituents is 1. The van der Waals surface area contributed by atoms with E-state index in [1.807, 2.05) is 42.5 Å². The van der Waals surface area contributed by atoms with E-state index < -0.39 is 28.8 Å². The van der Waals surface area contributed by atoms with Crippen LogP contribution < -0.4 is 33.2 Å². The van der Waals surface area contributed by atoms with Gasteiger partial charge in [-0.1, -0.05) is 42.5 Å². The van der Waals surface area contributed by atoms with Gasteiger partial charge in [0.05, 0.1) is 4.92 Å². The van der Waals surface area contributed by atoms with Crippen LogP contribution in [0.4, 0.5) is 5.69 Å². The number of nitrogens with two attached hydrogens (primary N) is 3. The van der Waals surface area contributed by atoms with E-state index >= 15 is 0 Å². The summed E-state index contributed by atoms with van der Waals surface area (Å²) in [6.07, 6.45) is 2.81. The molecule has 3 aromatic rings. The topological polar surface area (TPSA) is 238 Å². The van der Waals surface area contributed by atoms with Gasteiger partial charge in [0.1, 0.15) is 12.1 Å². The number of carbonyl (C=O) groups is 4. The van der Waals surface area contributed by atoms with E-state index in [2.05, 4.69) is 20.9 Å². The first-order valence-corrected chi connectivity index (χ1v) is 15.5. The SMILES string of the molecule is NC(=O)[C@H](Cc1ccc2ccccc2c1)NC(=O)[C@H](CCCN=C(N)N)NC(=O)C1CCC(NC(=O)c2ccc([N+](=O)[O-])cc2)CC1. The van der Waals surface area contributed by atoms with Crippen LogP contribution >= 0.6 is 0 Å². The van der Waals surface area contributed by atoms with E-state index in [1.54, 1.807) is 0 Å². The summed E-state index contributed by atoms with van der Waals surface area (Å²) in [5.41, 5.74) is 17.5. The Morgan fingerprint density at radius 3 is 2.19 bits per heavy atom. The highest BCUT2D eigenvalue weighted by molar-refractivity contribution is 5.95. The monoisotopic (exact) mass is 644 g/mol. The Morgan fingerprint density at radius 1 is 0.872 bits per heavy atom. The summed E-state index contributed by atoms with van der Waals surface area (Å²) >= 11 is 0. The van der Waals surface area contributed by atoms with Crippen molar-refractivity contribution in [3.05, 3.63) is 88.0 Å². The Bertz CT molecular complexity index is 1630. The molecule has 0 radical (unpaired) electrons. The van der Waals surface area contributed by atoms with Gasteiger partial charge in [0.25, 0.3) is 11.6 Å². The lowest BCUT2D eigenvalue weighted by molar-refractivity contribution is -0.384. The number of nitro benzene ring substituents is 1. The van der Waals surface area contributed by atoms with Crippen LogP contribution in [0.2, 0.25) is 0 Å². The number of fused-ring (bicyclic) bond motifs is 1. The zero-order valence-corrected chi connectivity index (χ0v) is 25.9. The van der Waals surface area contributed by atoms with Crippen molar-refractivity contribution in [2.45, 2.75) is 63.1 Å². The molecule has 9 N–H and O–H groups in total. The van der Waals surface area contributed by atoms with Gasteiger partial charge in [-0.2, -0.15) is 0 Å². The van der Waals surface area contributed by atoms with Crippen molar-refractivity contribution < 1.29 is 24.1 Å². The zero-order valence-electron chi connectivity index (χ0n) is 25.9. The third-order valence-corrected chi connectivity index (χ3v) is 8.27. The number of amides is 4. The maximum Gasteiger partial charge on any atom is 0.269 e. The van der Waals surface area contributed by atoms with Crippen LogP contribution in [0.15, 0.2) is 71.7 Å². The molecule has 1 saturated carbocycles. The molecule has 1 aliphatic carbocycles. The van der Waals surface area contributed by atoms with Gasteiger partial charge in [0.15, 0.2) is 5.96 Å². The second kappa shape index (κ2) is 16.2. The minimum atomic E-state index is -1.00. The Hall–Kier alpha value is -5.53. The summed E-state index contributed by atoms with van der Waals surface area (Å²) in [7, 11) is 0. The fourth-order valence-electron chi connectivity index (χ4n) is 5.66. The van der Waals surface area contributed by atoms with Crippen LogP contribution in [-0.4, -0.2) is 59.2 Å². The Kier molecular flexibility index (Phi) is 11.8. The molecule has 0 bridgehead atoms. The van der Waals surface area contributed by atoms with Crippen molar-refractivity contribution in [2.75, 3.05) is 6.54 Å². The lowest BCUT2D eigenvalue weighted by Gasteiger charge is -2.30. The van der Waals surface area contributed by atoms with Gasteiger partial charge < -0.3 is 33.2 Å². The Morgan fingerprint density at radius 2 is 1.55 bits per heavy atom. The van der Waals surface area contributed by atoms with Crippen molar-refractivity contribution in [2.24, 2.45) is 28.1 Å². The number of nitro groups is 1. The fraction of sp³-hybridized carbons (Fsp3) is 0.364. The second-order valence-corrected chi connectivity index (χ2v) is 11.7. The molecule has 1 aliphatic rings. The van der Waals surface area contributed by atoms with E-state index in [4.69, 9.17) is 17.2 Å². The molecule has 0 heterocycles. The average molecular weight is 645 g/mol. The van der Waals surface area contributed by atoms with Crippen molar-refractivity contribution >= 4 is 46.0 Å². The van der Waals surface area contributed by atoms with Crippen molar-refractivity contribution in [1.29, 1.82) is 0 Å². The van der Waals surface area contributed by atoms with Gasteiger partial charge in [-0.3, -0.25) is 34.3 Å². The number of rotatable bonds is 14. The van der Waals surface area contributed by atoms with Crippen LogP contribution in [0, 0.1) is 16.0 Å². The predicted molar refractivity (Wildman–Crippen MR) is 177 cm³/mol. The van der Waals surface area contributed by atoms with Crippen molar-refractivity contribution in [3.63, 3.8) is 0 Å². The van der Waals surface area contributed by atoms with Gasteiger partial charge in [0.2, 0.25) is 17.7 Å². The molecule has 1 fully saturated rings. The number of guanidine groups is 1. The second-order valence-electron chi connectivity index (χ2n) is 11.7. The molecule has 248 valence electrons. The molecule has 2 atom stereocenters. The number of hydrogen-bond donors (Lipinski definition) is 6. The van der Waals surface area contributed by atoms with Gasteiger partial charge in [0, 0.05) is 42.6 Å². The smallest absolute Gasteiger partial charge is 0.269 e. The molecule has 4 amide bonds. The lowest BCUT2D eigenvalue weighted by atomic mass is 9.85. The molecule has 3 aromatic carbocycles. The fourth-order valence-corrected chi connectivity index (χ4v) is 5.66. The minimum absolute atomic E-state index is 0.0864. The van der Waals surface area contributed by atoms with Crippen LogP contribution in [0.3, 0.4) is 0 Å². The van der Waals surface area contributed by atoms with Crippen LogP contribution in [0.25, 0.3) is 10.8 Å². The molecular weight excluding hydrogens is 604 g/mol. The van der Waals surface area contributed by atoms with Crippen molar-refractivity contribution in [3.8, 4) is 0 Å². The molecule has 0 unspecified atom stereocenters. The van der Waals surface area contributed by atoms with Gasteiger partial charge in [-0.25, -0.2) is 0 Å². The van der Waals surface area contributed by atoms with E-state index in [1.165, 1.54) is 24.3 Å². The van der Waals surface area contributed by atoms with Crippen LogP contribution in [-0.2, 0) is 20.8 Å². The minimum Gasteiger partial charge on any atom is -0.370 e. The molecule has 4 rings (SSSR count). The maximum absolute atomic E-state index is 13.5. The highest BCUT2D eigenvalue weighted by Gasteiger charge is 2.31. The summed E-state index contributed by atoms with van der Waals surface area (Å²) in [5.74, 6) is -2.38. The highest BCUT2D eigenvalue weighted by Crippen LogP contribution is 2.25. The number of carbonyl (C=O) groups excluding carboxylic acids is 4. The summed E-state index contributed by atoms with van der Waals surface area (Å²) in [4.78, 5) is 66.1. The molecule has 14 heteroatoms. The number of nitrogens with zero attached hydrogens (tertiary/aromatic N) is 2. The highest BCUT2D eigenvalue weighted by atomic mass is 16.6. The van der Waals surface area contributed by atoms with Crippen LogP contribution in [0.5, 0.6) is 0 Å². The lowest BCUT2D eigenvalue weighted by Crippen LogP contribution is -2.54. The predicted octanol–water partition coefficient (Wildman–Crippen LogP) is 1.79. The number of benzene rings is 3. The average Bonchev–Trinajstić information content (AvgIpc) is 3.05.